The predicted octanol–water partition coefficient (Wildman–Crippen LogP) is 2.82. The average Bonchev–Trinajstić information content (AvgIpc) is 2.67. The number of aromatic nitrogens is 2. The summed E-state index contributed by atoms with van der Waals surface area (Å²) in [6.45, 7) is 6.22. The highest BCUT2D eigenvalue weighted by Crippen LogP contribution is 2.39. The minimum Gasteiger partial charge on any atom is -0.311 e. The highest BCUT2D eigenvalue weighted by Gasteiger charge is 2.31. The van der Waals surface area contributed by atoms with Gasteiger partial charge >= 0.3 is 0 Å². The van der Waals surface area contributed by atoms with Crippen LogP contribution in [0.15, 0.2) is 18.2 Å². The fourth-order valence-corrected chi connectivity index (χ4v) is 2.98. The number of hydrogen-bond acceptors (Lipinski definition) is 2. The first-order valence-corrected chi connectivity index (χ1v) is 6.88. The van der Waals surface area contributed by atoms with E-state index in [1.54, 1.807) is 4.68 Å². The van der Waals surface area contributed by atoms with Crippen LogP contribution < -0.4 is 5.32 Å². The smallest absolute Gasteiger partial charge is 0.226 e. The maximum absolute atomic E-state index is 12.0. The Bertz CT molecular complexity index is 700. The van der Waals surface area contributed by atoms with Crippen LogP contribution >= 0.6 is 0 Å². The lowest BCUT2D eigenvalue weighted by Gasteiger charge is -2.24. The van der Waals surface area contributed by atoms with Crippen molar-refractivity contribution in [3.8, 4) is 0 Å². The lowest BCUT2D eigenvalue weighted by Crippen LogP contribution is -2.24. The van der Waals surface area contributed by atoms with Crippen molar-refractivity contribution in [2.75, 3.05) is 5.32 Å². The van der Waals surface area contributed by atoms with Crippen LogP contribution in [0.25, 0.3) is 0 Å². The van der Waals surface area contributed by atoms with E-state index >= 15 is 0 Å². The number of carbonyl (C=O) groups excluding carboxylic acids is 1. The third-order valence-corrected chi connectivity index (χ3v) is 4.20. The largest absolute Gasteiger partial charge is 0.311 e. The van der Waals surface area contributed by atoms with Gasteiger partial charge in [0.15, 0.2) is 0 Å². The molecular formula is C16H19N3O. The molecule has 4 heteroatoms. The van der Waals surface area contributed by atoms with Crippen LogP contribution in [-0.2, 0) is 11.8 Å². The minimum absolute atomic E-state index is 0.0590. The van der Waals surface area contributed by atoms with Crippen LogP contribution in [0.4, 0.5) is 5.82 Å². The molecule has 1 aromatic heterocycles. The molecule has 0 bridgehead atoms. The molecule has 1 aliphatic rings. The first kappa shape index (κ1) is 12.9. The van der Waals surface area contributed by atoms with E-state index in [-0.39, 0.29) is 11.8 Å². The molecule has 2 heterocycles. The molecule has 0 saturated heterocycles. The van der Waals surface area contributed by atoms with Crippen molar-refractivity contribution in [2.45, 2.75) is 33.1 Å². The summed E-state index contributed by atoms with van der Waals surface area (Å²) in [6, 6.07) is 6.44. The van der Waals surface area contributed by atoms with E-state index in [9.17, 15) is 4.79 Å². The Kier molecular flexibility index (Phi) is 2.89. The van der Waals surface area contributed by atoms with Gasteiger partial charge in [0.2, 0.25) is 5.91 Å². The molecule has 4 nitrogen and oxygen atoms in total. The number of nitrogens with zero attached hydrogens (tertiary/aromatic N) is 2. The van der Waals surface area contributed by atoms with Crippen LogP contribution in [-0.4, -0.2) is 15.7 Å². The number of aryl methyl sites for hydroxylation is 4. The second-order valence-corrected chi connectivity index (χ2v) is 5.62. The Hall–Kier alpha value is -2.10. The average molecular weight is 269 g/mol. The van der Waals surface area contributed by atoms with E-state index in [4.69, 9.17) is 0 Å². The predicted molar refractivity (Wildman–Crippen MR) is 79.0 cm³/mol. The topological polar surface area (TPSA) is 46.9 Å². The van der Waals surface area contributed by atoms with Gasteiger partial charge in [0, 0.05) is 24.9 Å². The van der Waals surface area contributed by atoms with E-state index in [0.717, 1.165) is 17.1 Å². The monoisotopic (exact) mass is 269 g/mol. The Morgan fingerprint density at radius 1 is 1.25 bits per heavy atom. The van der Waals surface area contributed by atoms with Gasteiger partial charge in [-0.2, -0.15) is 5.10 Å². The summed E-state index contributed by atoms with van der Waals surface area (Å²) in [6.07, 6.45) is 0.488. The summed E-state index contributed by atoms with van der Waals surface area (Å²) in [5.74, 6) is 0.998. The van der Waals surface area contributed by atoms with Crippen LogP contribution in [0.1, 0.15) is 40.3 Å². The van der Waals surface area contributed by atoms with Gasteiger partial charge in [-0.05, 0) is 37.5 Å². The number of rotatable bonds is 1. The molecule has 0 saturated carbocycles. The number of benzene rings is 1. The summed E-state index contributed by atoms with van der Waals surface area (Å²) in [5.41, 5.74) is 5.87. The van der Waals surface area contributed by atoms with Gasteiger partial charge in [-0.25, -0.2) is 0 Å². The molecule has 1 aliphatic heterocycles. The standard InChI is InChI=1S/C16H19N3O/c1-9-5-6-12(7-10(9)2)13-8-14(20)17-16-15(13)11(3)18-19(16)4/h5-7,13H,8H2,1-4H3,(H,17,20)/t13-/m0/s1. The zero-order chi connectivity index (χ0) is 14.4. The summed E-state index contributed by atoms with van der Waals surface area (Å²) < 4.78 is 1.76. The molecule has 0 aliphatic carbocycles. The van der Waals surface area contributed by atoms with Gasteiger partial charge in [-0.3, -0.25) is 9.48 Å². The Labute approximate surface area is 118 Å². The van der Waals surface area contributed by atoms with Crippen LogP contribution in [0.3, 0.4) is 0 Å². The molecule has 1 atom stereocenters. The van der Waals surface area contributed by atoms with Crippen molar-refractivity contribution < 1.29 is 4.79 Å². The maximum Gasteiger partial charge on any atom is 0.226 e. The normalized spacial score (nSPS) is 17.8. The molecule has 1 aromatic carbocycles. The molecule has 0 spiro atoms. The number of carbonyl (C=O) groups is 1. The van der Waals surface area contributed by atoms with Crippen molar-refractivity contribution >= 4 is 11.7 Å². The molecular weight excluding hydrogens is 250 g/mol. The zero-order valence-electron chi connectivity index (χ0n) is 12.3. The summed E-state index contributed by atoms with van der Waals surface area (Å²) >= 11 is 0. The van der Waals surface area contributed by atoms with Crippen molar-refractivity contribution in [3.05, 3.63) is 46.1 Å². The molecule has 20 heavy (non-hydrogen) atoms. The van der Waals surface area contributed by atoms with E-state index < -0.39 is 0 Å². The Morgan fingerprint density at radius 2 is 2.00 bits per heavy atom. The first-order valence-electron chi connectivity index (χ1n) is 6.88. The molecule has 1 amide bonds. The summed E-state index contributed by atoms with van der Waals surface area (Å²) in [4.78, 5) is 12.0. The third-order valence-electron chi connectivity index (χ3n) is 4.20. The van der Waals surface area contributed by atoms with Crippen LogP contribution in [0.5, 0.6) is 0 Å². The zero-order valence-corrected chi connectivity index (χ0v) is 12.3. The van der Waals surface area contributed by atoms with Gasteiger partial charge in [-0.1, -0.05) is 18.2 Å². The maximum atomic E-state index is 12.0. The highest BCUT2D eigenvalue weighted by atomic mass is 16.1. The third kappa shape index (κ3) is 1.92. The fraction of sp³-hybridized carbons (Fsp3) is 0.375. The number of hydrogen-bond donors (Lipinski definition) is 1. The van der Waals surface area contributed by atoms with Crippen molar-refractivity contribution in [1.82, 2.24) is 9.78 Å². The Balaban J connectivity index is 2.15. The van der Waals surface area contributed by atoms with Gasteiger partial charge in [-0.15, -0.1) is 0 Å². The fourth-order valence-electron chi connectivity index (χ4n) is 2.98. The van der Waals surface area contributed by atoms with Crippen LogP contribution in [0, 0.1) is 20.8 Å². The molecule has 0 unspecified atom stereocenters. The van der Waals surface area contributed by atoms with E-state index in [1.807, 2.05) is 14.0 Å². The first-order chi connectivity index (χ1) is 9.47. The van der Waals surface area contributed by atoms with Crippen molar-refractivity contribution in [1.29, 1.82) is 0 Å². The quantitative estimate of drug-likeness (QED) is 0.865. The lowest BCUT2D eigenvalue weighted by molar-refractivity contribution is -0.116. The molecule has 104 valence electrons. The lowest BCUT2D eigenvalue weighted by atomic mass is 9.84. The highest BCUT2D eigenvalue weighted by molar-refractivity contribution is 5.94. The van der Waals surface area contributed by atoms with E-state index in [1.165, 1.54) is 16.7 Å². The van der Waals surface area contributed by atoms with Gasteiger partial charge in [0.25, 0.3) is 0 Å². The SMILES string of the molecule is Cc1ccc([C@@H]2CC(=O)Nc3c2c(C)nn3C)cc1C. The van der Waals surface area contributed by atoms with Gasteiger partial charge < -0.3 is 5.32 Å². The van der Waals surface area contributed by atoms with E-state index in [0.29, 0.717) is 6.42 Å². The molecule has 3 rings (SSSR count). The summed E-state index contributed by atoms with van der Waals surface area (Å²) in [5, 5.41) is 7.38. The second kappa shape index (κ2) is 4.47. The Morgan fingerprint density at radius 3 is 2.70 bits per heavy atom. The van der Waals surface area contributed by atoms with Crippen molar-refractivity contribution in [2.24, 2.45) is 7.05 Å². The van der Waals surface area contributed by atoms with E-state index in [2.05, 4.69) is 42.5 Å². The second-order valence-electron chi connectivity index (χ2n) is 5.62. The van der Waals surface area contributed by atoms with Crippen LogP contribution in [0.2, 0.25) is 0 Å². The molecule has 0 fully saturated rings. The number of anilines is 1. The van der Waals surface area contributed by atoms with Gasteiger partial charge in [0.05, 0.1) is 5.69 Å². The molecule has 0 radical (unpaired) electrons. The number of fused-ring (bicyclic) bond motifs is 1. The summed E-state index contributed by atoms with van der Waals surface area (Å²) in [7, 11) is 1.87. The number of amides is 1. The minimum atomic E-state index is 0.0590. The molecule has 2 aromatic rings. The number of nitrogens with one attached hydrogen (secondary N) is 1. The molecule has 1 N–H and O–H groups in total. The van der Waals surface area contributed by atoms with Gasteiger partial charge in [0.1, 0.15) is 5.82 Å². The van der Waals surface area contributed by atoms with Crippen molar-refractivity contribution in [3.63, 3.8) is 0 Å².